The Bertz CT molecular complexity index is 699. The van der Waals surface area contributed by atoms with Crippen molar-refractivity contribution in [2.45, 2.75) is 39.0 Å². The fourth-order valence-corrected chi connectivity index (χ4v) is 3.47. The predicted molar refractivity (Wildman–Crippen MR) is 96.4 cm³/mol. The molecular weight excluding hydrogens is 339 g/mol. The standard InChI is InChI=1S/C18H25FN4O3/c1-11-5-6-22(17(20)7-11)16-4-3-13(8-15(16)19)23-10-14(26-18(23)25)9-21-12(2)24/h3-4,8,11,14,17H,5-7,9-10,20H2,1-2H3,(H,21,24). The Balaban J connectivity index is 1.71. The number of nitrogens with one attached hydrogen (secondary N) is 1. The smallest absolute Gasteiger partial charge is 0.414 e. The van der Waals surface area contributed by atoms with Crippen LogP contribution in [0.4, 0.5) is 20.6 Å². The van der Waals surface area contributed by atoms with Crippen LogP contribution in [0.1, 0.15) is 26.7 Å². The summed E-state index contributed by atoms with van der Waals surface area (Å²) in [6.45, 7) is 4.75. The Morgan fingerprint density at radius 2 is 2.23 bits per heavy atom. The normalized spacial score (nSPS) is 26.0. The summed E-state index contributed by atoms with van der Waals surface area (Å²) in [6.07, 6.45) is 0.586. The molecule has 2 aliphatic heterocycles. The van der Waals surface area contributed by atoms with Gasteiger partial charge in [0.1, 0.15) is 11.9 Å². The number of hydrogen-bond acceptors (Lipinski definition) is 5. The summed E-state index contributed by atoms with van der Waals surface area (Å²) in [5, 5.41) is 2.61. The molecule has 142 valence electrons. The van der Waals surface area contributed by atoms with Crippen LogP contribution >= 0.6 is 0 Å². The highest BCUT2D eigenvalue weighted by molar-refractivity contribution is 5.90. The highest BCUT2D eigenvalue weighted by atomic mass is 19.1. The maximum absolute atomic E-state index is 14.7. The number of anilines is 2. The highest BCUT2D eigenvalue weighted by Crippen LogP contribution is 2.31. The minimum atomic E-state index is -0.545. The summed E-state index contributed by atoms with van der Waals surface area (Å²) in [4.78, 5) is 26.3. The van der Waals surface area contributed by atoms with Gasteiger partial charge in [0.05, 0.1) is 30.6 Å². The van der Waals surface area contributed by atoms with E-state index in [0.717, 1.165) is 12.8 Å². The van der Waals surface area contributed by atoms with Gasteiger partial charge in [0, 0.05) is 13.5 Å². The molecule has 0 radical (unpaired) electrons. The Kier molecular flexibility index (Phi) is 5.31. The summed E-state index contributed by atoms with van der Waals surface area (Å²) < 4.78 is 19.9. The molecule has 2 heterocycles. The van der Waals surface area contributed by atoms with Gasteiger partial charge in [-0.3, -0.25) is 9.69 Å². The number of nitrogens with two attached hydrogens (primary N) is 1. The van der Waals surface area contributed by atoms with Gasteiger partial charge in [0.15, 0.2) is 0 Å². The molecule has 7 nitrogen and oxygen atoms in total. The number of cyclic esters (lactones) is 1. The molecule has 0 bridgehead atoms. The van der Waals surface area contributed by atoms with Crippen molar-refractivity contribution in [2.75, 3.05) is 29.4 Å². The van der Waals surface area contributed by atoms with Gasteiger partial charge in [-0.25, -0.2) is 9.18 Å². The van der Waals surface area contributed by atoms with Crippen molar-refractivity contribution < 1.29 is 18.7 Å². The maximum Gasteiger partial charge on any atom is 0.414 e. The number of benzene rings is 1. The Morgan fingerprint density at radius 3 is 2.88 bits per heavy atom. The number of carbonyl (C=O) groups excluding carboxylic acids is 2. The summed E-state index contributed by atoms with van der Waals surface area (Å²) in [5.74, 6) is -0.0730. The molecule has 3 unspecified atom stereocenters. The molecule has 2 saturated heterocycles. The number of amides is 2. The zero-order valence-corrected chi connectivity index (χ0v) is 15.1. The minimum Gasteiger partial charge on any atom is -0.442 e. The van der Waals surface area contributed by atoms with Gasteiger partial charge in [-0.15, -0.1) is 0 Å². The molecule has 3 atom stereocenters. The lowest BCUT2D eigenvalue weighted by Crippen LogP contribution is -2.48. The van der Waals surface area contributed by atoms with Crippen LogP contribution in [-0.4, -0.2) is 43.9 Å². The number of rotatable bonds is 4. The molecule has 0 aliphatic carbocycles. The van der Waals surface area contributed by atoms with Gasteiger partial charge >= 0.3 is 6.09 Å². The lowest BCUT2D eigenvalue weighted by atomic mass is 9.96. The first-order chi connectivity index (χ1) is 12.3. The molecule has 3 rings (SSSR count). The summed E-state index contributed by atoms with van der Waals surface area (Å²) in [7, 11) is 0. The molecule has 2 aliphatic rings. The van der Waals surface area contributed by atoms with E-state index in [9.17, 15) is 14.0 Å². The molecule has 3 N–H and O–H groups in total. The van der Waals surface area contributed by atoms with Crippen LogP contribution in [0.15, 0.2) is 18.2 Å². The second-order valence-corrected chi connectivity index (χ2v) is 7.08. The maximum atomic E-state index is 14.7. The number of nitrogens with zero attached hydrogens (tertiary/aromatic N) is 2. The Morgan fingerprint density at radius 1 is 1.46 bits per heavy atom. The van der Waals surface area contributed by atoms with E-state index in [1.165, 1.54) is 17.9 Å². The van der Waals surface area contributed by atoms with Crippen molar-refractivity contribution in [1.82, 2.24) is 5.32 Å². The van der Waals surface area contributed by atoms with Crippen molar-refractivity contribution in [3.05, 3.63) is 24.0 Å². The number of carbonyl (C=O) groups is 2. The highest BCUT2D eigenvalue weighted by Gasteiger charge is 2.33. The van der Waals surface area contributed by atoms with Crippen molar-refractivity contribution in [3.63, 3.8) is 0 Å². The largest absolute Gasteiger partial charge is 0.442 e. The lowest BCUT2D eigenvalue weighted by molar-refractivity contribution is -0.119. The van der Waals surface area contributed by atoms with Gasteiger partial charge in [-0.1, -0.05) is 6.92 Å². The van der Waals surface area contributed by atoms with Gasteiger partial charge < -0.3 is 20.7 Å². The third-order valence-electron chi connectivity index (χ3n) is 4.91. The third-order valence-corrected chi connectivity index (χ3v) is 4.91. The topological polar surface area (TPSA) is 87.9 Å². The average molecular weight is 364 g/mol. The van der Waals surface area contributed by atoms with E-state index >= 15 is 0 Å². The van der Waals surface area contributed by atoms with Gasteiger partial charge in [-0.2, -0.15) is 0 Å². The van der Waals surface area contributed by atoms with Crippen LogP contribution in [0, 0.1) is 11.7 Å². The number of hydrogen-bond donors (Lipinski definition) is 2. The first-order valence-electron chi connectivity index (χ1n) is 8.89. The molecule has 0 saturated carbocycles. The van der Waals surface area contributed by atoms with E-state index in [1.807, 2.05) is 4.90 Å². The molecule has 1 aromatic carbocycles. The molecule has 2 amide bonds. The van der Waals surface area contributed by atoms with Crippen LogP contribution in [0.5, 0.6) is 0 Å². The van der Waals surface area contributed by atoms with Crippen molar-refractivity contribution in [2.24, 2.45) is 11.7 Å². The monoisotopic (exact) mass is 364 g/mol. The van der Waals surface area contributed by atoms with Crippen molar-refractivity contribution in [3.8, 4) is 0 Å². The molecule has 8 heteroatoms. The Hall–Kier alpha value is -2.35. The second kappa shape index (κ2) is 7.49. The van der Waals surface area contributed by atoms with Crippen molar-refractivity contribution in [1.29, 1.82) is 0 Å². The molecule has 2 fully saturated rings. The first kappa shape index (κ1) is 18.4. The quantitative estimate of drug-likeness (QED) is 0.851. The first-order valence-corrected chi connectivity index (χ1v) is 8.89. The molecular formula is C18H25FN4O3. The number of piperidine rings is 1. The van der Waals surface area contributed by atoms with Crippen LogP contribution in [0.3, 0.4) is 0 Å². The van der Waals surface area contributed by atoms with E-state index in [-0.39, 0.29) is 25.2 Å². The van der Waals surface area contributed by atoms with E-state index in [2.05, 4.69) is 12.2 Å². The fraction of sp³-hybridized carbons (Fsp3) is 0.556. The molecule has 0 aromatic heterocycles. The van der Waals surface area contributed by atoms with Gasteiger partial charge in [0.25, 0.3) is 0 Å². The SMILES string of the molecule is CC(=O)NCC1CN(c2ccc(N3CCC(C)CC3N)c(F)c2)C(=O)O1. The summed E-state index contributed by atoms with van der Waals surface area (Å²) in [6, 6.07) is 4.70. The molecule has 0 spiro atoms. The van der Waals surface area contributed by atoms with Gasteiger partial charge in [0.2, 0.25) is 5.91 Å². The van der Waals surface area contributed by atoms with E-state index in [1.54, 1.807) is 12.1 Å². The van der Waals surface area contributed by atoms with Gasteiger partial charge in [-0.05, 0) is 37.0 Å². The molecule has 26 heavy (non-hydrogen) atoms. The zero-order valence-electron chi connectivity index (χ0n) is 15.1. The van der Waals surface area contributed by atoms with E-state index < -0.39 is 18.0 Å². The van der Waals surface area contributed by atoms with Crippen molar-refractivity contribution >= 4 is 23.4 Å². The number of ether oxygens (including phenoxy) is 1. The van der Waals surface area contributed by atoms with Crippen LogP contribution < -0.4 is 20.9 Å². The summed E-state index contributed by atoms with van der Waals surface area (Å²) in [5.41, 5.74) is 7.05. The van der Waals surface area contributed by atoms with Crippen LogP contribution in [0.25, 0.3) is 0 Å². The molecule has 1 aromatic rings. The number of halogens is 1. The third kappa shape index (κ3) is 3.90. The Labute approximate surface area is 152 Å². The van der Waals surface area contributed by atoms with E-state index in [0.29, 0.717) is 23.8 Å². The second-order valence-electron chi connectivity index (χ2n) is 7.08. The lowest BCUT2D eigenvalue weighted by Gasteiger charge is -2.38. The van der Waals surface area contributed by atoms with E-state index in [4.69, 9.17) is 10.5 Å². The van der Waals surface area contributed by atoms with Crippen LogP contribution in [0.2, 0.25) is 0 Å². The summed E-state index contributed by atoms with van der Waals surface area (Å²) >= 11 is 0. The fourth-order valence-electron chi connectivity index (χ4n) is 3.47. The average Bonchev–Trinajstić information content (AvgIpc) is 2.94. The van der Waals surface area contributed by atoms with Crippen LogP contribution in [-0.2, 0) is 9.53 Å². The zero-order chi connectivity index (χ0) is 18.8. The predicted octanol–water partition coefficient (Wildman–Crippen LogP) is 1.81. The minimum absolute atomic E-state index is 0.193.